The molecule has 2 rings (SSSR count). The van der Waals surface area contributed by atoms with Crippen LogP contribution in [0.4, 0.5) is 8.78 Å². The predicted octanol–water partition coefficient (Wildman–Crippen LogP) is 3.43. The highest BCUT2D eigenvalue weighted by atomic mass is 32.2. The summed E-state index contributed by atoms with van der Waals surface area (Å²) in [6, 6.07) is 7.00. The van der Waals surface area contributed by atoms with E-state index >= 15 is 0 Å². The quantitative estimate of drug-likeness (QED) is 0.680. The minimum atomic E-state index is -4.07. The SMILES string of the molecule is COC[C@@H](C)N(Cc1cccc(C)c1)S(=O)(=O)c1c(C)nn(C(F)F)c1C. The minimum Gasteiger partial charge on any atom is -0.383 e. The van der Waals surface area contributed by atoms with E-state index in [0.29, 0.717) is 4.68 Å². The van der Waals surface area contributed by atoms with Crippen LogP contribution in [0.5, 0.6) is 0 Å². The maximum absolute atomic E-state index is 13.4. The molecule has 1 heterocycles. The summed E-state index contributed by atoms with van der Waals surface area (Å²) >= 11 is 0. The molecule has 0 N–H and O–H groups in total. The Morgan fingerprint density at radius 3 is 2.44 bits per heavy atom. The maximum Gasteiger partial charge on any atom is 0.333 e. The Bertz CT molecular complexity index is 897. The van der Waals surface area contributed by atoms with Crippen molar-refractivity contribution in [1.29, 1.82) is 0 Å². The fourth-order valence-corrected chi connectivity index (χ4v) is 5.09. The number of benzene rings is 1. The molecule has 1 aromatic heterocycles. The molecule has 0 amide bonds. The van der Waals surface area contributed by atoms with Gasteiger partial charge in [0, 0.05) is 19.7 Å². The standard InChI is InChI=1S/C18H25F2N3O3S/c1-12-7-6-8-16(9-12)10-22(13(2)11-26-5)27(24,25)17-14(3)21-23(15(17)4)18(19)20/h6-9,13,18H,10-11H2,1-5H3/t13-/m1/s1. The van der Waals surface area contributed by atoms with Gasteiger partial charge in [0.15, 0.2) is 0 Å². The number of aromatic nitrogens is 2. The van der Waals surface area contributed by atoms with Crippen molar-refractivity contribution in [2.75, 3.05) is 13.7 Å². The van der Waals surface area contributed by atoms with Gasteiger partial charge in [0.1, 0.15) is 4.90 Å². The van der Waals surface area contributed by atoms with Gasteiger partial charge in [-0.15, -0.1) is 0 Å². The van der Waals surface area contributed by atoms with E-state index in [2.05, 4.69) is 5.10 Å². The summed E-state index contributed by atoms with van der Waals surface area (Å²) in [5.41, 5.74) is 1.77. The molecule has 0 radical (unpaired) electrons. The van der Waals surface area contributed by atoms with Gasteiger partial charge in [-0.25, -0.2) is 13.1 Å². The van der Waals surface area contributed by atoms with E-state index in [9.17, 15) is 17.2 Å². The molecule has 6 nitrogen and oxygen atoms in total. The predicted molar refractivity (Wildman–Crippen MR) is 98.2 cm³/mol. The first-order valence-corrected chi connectivity index (χ1v) is 9.93. The highest BCUT2D eigenvalue weighted by Gasteiger charge is 2.35. The smallest absolute Gasteiger partial charge is 0.333 e. The Balaban J connectivity index is 2.54. The number of hydrogen-bond donors (Lipinski definition) is 0. The van der Waals surface area contributed by atoms with Crippen LogP contribution in [-0.2, 0) is 21.3 Å². The van der Waals surface area contributed by atoms with Gasteiger partial charge in [-0.2, -0.15) is 18.2 Å². The van der Waals surface area contributed by atoms with Crippen LogP contribution in [-0.4, -0.2) is 42.3 Å². The lowest BCUT2D eigenvalue weighted by molar-refractivity contribution is 0.0538. The highest BCUT2D eigenvalue weighted by Crippen LogP contribution is 2.29. The molecule has 0 saturated heterocycles. The van der Waals surface area contributed by atoms with Crippen molar-refractivity contribution in [1.82, 2.24) is 14.1 Å². The minimum absolute atomic E-state index is 0.0478. The number of nitrogens with zero attached hydrogens (tertiary/aromatic N) is 3. The molecule has 2 aromatic rings. The third kappa shape index (κ3) is 4.53. The molecule has 0 aliphatic heterocycles. The summed E-state index contributed by atoms with van der Waals surface area (Å²) in [6.07, 6.45) is 0. The summed E-state index contributed by atoms with van der Waals surface area (Å²) in [4.78, 5) is -0.182. The van der Waals surface area contributed by atoms with E-state index in [1.54, 1.807) is 6.92 Å². The Morgan fingerprint density at radius 1 is 1.26 bits per heavy atom. The summed E-state index contributed by atoms with van der Waals surface area (Å²) in [6.45, 7) is 3.77. The fourth-order valence-electron chi connectivity index (χ4n) is 3.12. The van der Waals surface area contributed by atoms with Gasteiger partial charge in [0.25, 0.3) is 0 Å². The number of aryl methyl sites for hydroxylation is 2. The van der Waals surface area contributed by atoms with Gasteiger partial charge in [-0.1, -0.05) is 29.8 Å². The molecule has 1 aromatic carbocycles. The number of halogens is 2. The lowest BCUT2D eigenvalue weighted by Crippen LogP contribution is -2.41. The largest absolute Gasteiger partial charge is 0.383 e. The monoisotopic (exact) mass is 401 g/mol. The van der Waals surface area contributed by atoms with Crippen molar-refractivity contribution in [3.05, 3.63) is 46.8 Å². The Labute approximate surface area is 158 Å². The molecule has 0 saturated carbocycles. The molecule has 150 valence electrons. The first kappa shape index (κ1) is 21.5. The molecule has 27 heavy (non-hydrogen) atoms. The summed E-state index contributed by atoms with van der Waals surface area (Å²) in [5.74, 6) is 0. The Hall–Kier alpha value is -1.84. The molecule has 9 heteroatoms. The van der Waals surface area contributed by atoms with Crippen LogP contribution in [0, 0.1) is 20.8 Å². The van der Waals surface area contributed by atoms with Crippen LogP contribution in [0.15, 0.2) is 29.2 Å². The van der Waals surface area contributed by atoms with E-state index in [1.807, 2.05) is 31.2 Å². The highest BCUT2D eigenvalue weighted by molar-refractivity contribution is 7.89. The average Bonchev–Trinajstić information content (AvgIpc) is 2.88. The summed E-state index contributed by atoms with van der Waals surface area (Å²) in [7, 11) is -2.59. The number of alkyl halides is 2. The van der Waals surface area contributed by atoms with Crippen LogP contribution >= 0.6 is 0 Å². The maximum atomic E-state index is 13.4. The van der Waals surface area contributed by atoms with Gasteiger partial charge < -0.3 is 4.74 Å². The van der Waals surface area contributed by atoms with E-state index in [-0.39, 0.29) is 29.4 Å². The van der Waals surface area contributed by atoms with Crippen molar-refractivity contribution in [3.8, 4) is 0 Å². The molecule has 0 bridgehead atoms. The zero-order chi connectivity index (χ0) is 20.4. The number of ether oxygens (including phenoxy) is 1. The number of rotatable bonds is 8. The first-order chi connectivity index (χ1) is 12.6. The number of sulfonamides is 1. The van der Waals surface area contributed by atoms with Gasteiger partial charge in [-0.3, -0.25) is 0 Å². The summed E-state index contributed by atoms with van der Waals surface area (Å²) in [5, 5.41) is 3.71. The number of methoxy groups -OCH3 is 1. The van der Waals surface area contributed by atoms with Crippen LogP contribution < -0.4 is 0 Å². The topological polar surface area (TPSA) is 64.4 Å². The van der Waals surface area contributed by atoms with Crippen LogP contribution in [0.3, 0.4) is 0 Å². The van der Waals surface area contributed by atoms with Crippen molar-refractivity contribution in [2.24, 2.45) is 0 Å². The van der Waals surface area contributed by atoms with Gasteiger partial charge in [-0.05, 0) is 33.3 Å². The van der Waals surface area contributed by atoms with Crippen LogP contribution in [0.1, 0.15) is 36.0 Å². The molecule has 0 fully saturated rings. The van der Waals surface area contributed by atoms with E-state index in [4.69, 9.17) is 4.74 Å². The molecule has 0 spiro atoms. The van der Waals surface area contributed by atoms with Crippen LogP contribution in [0.25, 0.3) is 0 Å². The van der Waals surface area contributed by atoms with Crippen molar-refractivity contribution < 1.29 is 21.9 Å². The lowest BCUT2D eigenvalue weighted by Gasteiger charge is -2.28. The Kier molecular flexibility index (Phi) is 6.72. The van der Waals surface area contributed by atoms with Crippen molar-refractivity contribution >= 4 is 10.0 Å². The van der Waals surface area contributed by atoms with E-state index in [1.165, 1.54) is 25.3 Å². The summed E-state index contributed by atoms with van der Waals surface area (Å²) < 4.78 is 59.9. The van der Waals surface area contributed by atoms with Crippen LogP contribution in [0.2, 0.25) is 0 Å². The van der Waals surface area contributed by atoms with Crippen molar-refractivity contribution in [2.45, 2.75) is 51.7 Å². The second-order valence-corrected chi connectivity index (χ2v) is 8.39. The third-order valence-corrected chi connectivity index (χ3v) is 6.54. The molecular formula is C18H25F2N3O3S. The zero-order valence-electron chi connectivity index (χ0n) is 16.1. The van der Waals surface area contributed by atoms with Gasteiger partial charge in [0.2, 0.25) is 10.0 Å². The first-order valence-electron chi connectivity index (χ1n) is 8.49. The normalized spacial score (nSPS) is 13.5. The second-order valence-electron chi connectivity index (χ2n) is 6.57. The molecular weight excluding hydrogens is 376 g/mol. The molecule has 1 atom stereocenters. The fraction of sp³-hybridized carbons (Fsp3) is 0.500. The molecule has 0 aliphatic rings. The average molecular weight is 401 g/mol. The molecule has 0 aliphatic carbocycles. The van der Waals surface area contributed by atoms with E-state index < -0.39 is 22.6 Å². The lowest BCUT2D eigenvalue weighted by atomic mass is 10.1. The van der Waals surface area contributed by atoms with Gasteiger partial charge >= 0.3 is 6.55 Å². The molecule has 0 unspecified atom stereocenters. The van der Waals surface area contributed by atoms with E-state index in [0.717, 1.165) is 11.1 Å². The van der Waals surface area contributed by atoms with Crippen molar-refractivity contribution in [3.63, 3.8) is 0 Å². The third-order valence-electron chi connectivity index (χ3n) is 4.33. The second kappa shape index (κ2) is 8.45. The Morgan fingerprint density at radius 2 is 1.93 bits per heavy atom. The zero-order valence-corrected chi connectivity index (χ0v) is 16.9. The van der Waals surface area contributed by atoms with Gasteiger partial charge in [0.05, 0.1) is 18.0 Å². The number of hydrogen-bond acceptors (Lipinski definition) is 4.